The van der Waals surface area contributed by atoms with Crippen molar-refractivity contribution in [3.05, 3.63) is 0 Å². The number of rotatable bonds is 7. The Hall–Kier alpha value is -0.120. The summed E-state index contributed by atoms with van der Waals surface area (Å²) in [6.07, 6.45) is 6.30. The molecule has 1 rings (SSSR count). The Morgan fingerprint density at radius 3 is 2.71 bits per heavy atom. The first-order valence-electron chi connectivity index (χ1n) is 5.79. The van der Waals surface area contributed by atoms with E-state index in [4.69, 9.17) is 9.84 Å². The third-order valence-corrected chi connectivity index (χ3v) is 2.67. The first-order chi connectivity index (χ1) is 6.79. The van der Waals surface area contributed by atoms with Crippen LogP contribution >= 0.6 is 0 Å². The van der Waals surface area contributed by atoms with E-state index in [0.29, 0.717) is 6.10 Å². The largest absolute Gasteiger partial charge is 0.393 e. The smallest absolute Gasteiger partial charge is 0.0594 e. The van der Waals surface area contributed by atoms with Gasteiger partial charge in [0.25, 0.3) is 0 Å². The molecule has 1 unspecified atom stereocenters. The molecule has 2 N–H and O–H groups in total. The number of hydrogen-bond acceptors (Lipinski definition) is 3. The van der Waals surface area contributed by atoms with Crippen LogP contribution in [0.1, 0.15) is 39.0 Å². The molecule has 3 heteroatoms. The van der Waals surface area contributed by atoms with E-state index in [-0.39, 0.29) is 6.10 Å². The van der Waals surface area contributed by atoms with Gasteiger partial charge in [0.2, 0.25) is 0 Å². The number of aliphatic hydroxyl groups excluding tert-OH is 1. The van der Waals surface area contributed by atoms with E-state index in [1.807, 2.05) is 6.92 Å². The summed E-state index contributed by atoms with van der Waals surface area (Å²) in [7, 11) is 0. The highest BCUT2D eigenvalue weighted by Crippen LogP contribution is 2.20. The average Bonchev–Trinajstić information content (AvgIpc) is 2.63. The highest BCUT2D eigenvalue weighted by molar-refractivity contribution is 4.66. The van der Waals surface area contributed by atoms with Crippen molar-refractivity contribution >= 4 is 0 Å². The van der Waals surface area contributed by atoms with E-state index >= 15 is 0 Å². The maximum atomic E-state index is 9.01. The van der Waals surface area contributed by atoms with Crippen molar-refractivity contribution in [2.24, 2.45) is 0 Å². The third-order valence-electron chi connectivity index (χ3n) is 2.67. The van der Waals surface area contributed by atoms with Crippen molar-refractivity contribution in [1.82, 2.24) is 5.32 Å². The van der Waals surface area contributed by atoms with Crippen LogP contribution in [0.15, 0.2) is 0 Å². The molecular formula is C11H23NO2. The Kier molecular flexibility index (Phi) is 6.15. The molecule has 1 atom stereocenters. The van der Waals surface area contributed by atoms with E-state index in [0.717, 1.165) is 26.1 Å². The number of hydrogen-bond donors (Lipinski definition) is 2. The molecule has 0 bridgehead atoms. The minimum absolute atomic E-state index is 0.196. The maximum Gasteiger partial charge on any atom is 0.0594 e. The summed E-state index contributed by atoms with van der Waals surface area (Å²) in [6, 6.07) is 0. The summed E-state index contributed by atoms with van der Waals surface area (Å²) >= 11 is 0. The summed E-state index contributed by atoms with van der Waals surface area (Å²) in [5.74, 6) is 0. The van der Waals surface area contributed by atoms with Gasteiger partial charge in [0.1, 0.15) is 0 Å². The molecule has 0 aromatic carbocycles. The first-order valence-corrected chi connectivity index (χ1v) is 5.79. The molecule has 1 saturated carbocycles. The third kappa shape index (κ3) is 5.58. The van der Waals surface area contributed by atoms with Gasteiger partial charge in [-0.3, -0.25) is 0 Å². The van der Waals surface area contributed by atoms with Crippen LogP contribution in [-0.2, 0) is 4.74 Å². The Morgan fingerprint density at radius 1 is 1.36 bits per heavy atom. The molecule has 0 aromatic heterocycles. The predicted molar refractivity (Wildman–Crippen MR) is 57.4 cm³/mol. The molecule has 0 amide bonds. The van der Waals surface area contributed by atoms with Crippen molar-refractivity contribution in [3.8, 4) is 0 Å². The molecule has 1 aliphatic carbocycles. The second-order valence-electron chi connectivity index (χ2n) is 4.16. The molecule has 0 saturated heterocycles. The monoisotopic (exact) mass is 201 g/mol. The Labute approximate surface area is 86.8 Å². The Morgan fingerprint density at radius 2 is 2.07 bits per heavy atom. The van der Waals surface area contributed by atoms with Crippen LogP contribution in [-0.4, -0.2) is 37.0 Å². The normalized spacial score (nSPS) is 20.1. The fourth-order valence-corrected chi connectivity index (χ4v) is 1.79. The molecule has 14 heavy (non-hydrogen) atoms. The minimum atomic E-state index is -0.196. The standard InChI is InChI=1S/C11H23NO2/c1-10(13)6-7-12-8-9-14-11-4-2-3-5-11/h10-13H,2-9H2,1H3. The summed E-state index contributed by atoms with van der Waals surface area (Å²) < 4.78 is 5.68. The quantitative estimate of drug-likeness (QED) is 0.610. The molecule has 1 fully saturated rings. The van der Waals surface area contributed by atoms with E-state index in [9.17, 15) is 0 Å². The summed E-state index contributed by atoms with van der Waals surface area (Å²) in [5.41, 5.74) is 0. The van der Waals surface area contributed by atoms with Gasteiger partial charge in [-0.1, -0.05) is 12.8 Å². The van der Waals surface area contributed by atoms with Gasteiger partial charge in [-0.05, 0) is 32.7 Å². The number of ether oxygens (including phenoxy) is 1. The van der Waals surface area contributed by atoms with Crippen LogP contribution in [0.4, 0.5) is 0 Å². The van der Waals surface area contributed by atoms with Gasteiger partial charge in [0, 0.05) is 6.54 Å². The summed E-state index contributed by atoms with van der Waals surface area (Å²) in [6.45, 7) is 4.41. The van der Waals surface area contributed by atoms with Gasteiger partial charge in [-0.15, -0.1) is 0 Å². The minimum Gasteiger partial charge on any atom is -0.393 e. The second kappa shape index (κ2) is 7.21. The number of nitrogens with one attached hydrogen (secondary N) is 1. The van der Waals surface area contributed by atoms with E-state index in [2.05, 4.69) is 5.32 Å². The second-order valence-corrected chi connectivity index (χ2v) is 4.16. The Balaban J connectivity index is 1.79. The Bertz CT molecular complexity index is 133. The van der Waals surface area contributed by atoms with Crippen LogP contribution in [0.3, 0.4) is 0 Å². The van der Waals surface area contributed by atoms with Gasteiger partial charge in [-0.25, -0.2) is 0 Å². The first kappa shape index (κ1) is 12.0. The zero-order chi connectivity index (χ0) is 10.2. The average molecular weight is 201 g/mol. The van der Waals surface area contributed by atoms with Gasteiger partial charge in [-0.2, -0.15) is 0 Å². The molecule has 3 nitrogen and oxygen atoms in total. The van der Waals surface area contributed by atoms with Gasteiger partial charge >= 0.3 is 0 Å². The maximum absolute atomic E-state index is 9.01. The summed E-state index contributed by atoms with van der Waals surface area (Å²) in [5, 5.41) is 12.3. The van der Waals surface area contributed by atoms with Gasteiger partial charge in [0.05, 0.1) is 18.8 Å². The lowest BCUT2D eigenvalue weighted by atomic mass is 10.3. The van der Waals surface area contributed by atoms with Crippen LogP contribution in [0, 0.1) is 0 Å². The van der Waals surface area contributed by atoms with Gasteiger partial charge < -0.3 is 15.2 Å². The van der Waals surface area contributed by atoms with Crippen molar-refractivity contribution in [1.29, 1.82) is 0 Å². The zero-order valence-electron chi connectivity index (χ0n) is 9.17. The molecule has 0 aliphatic heterocycles. The molecule has 84 valence electrons. The van der Waals surface area contributed by atoms with Crippen LogP contribution in [0.5, 0.6) is 0 Å². The van der Waals surface area contributed by atoms with E-state index < -0.39 is 0 Å². The molecule has 0 spiro atoms. The molecule has 1 aliphatic rings. The molecule has 0 aromatic rings. The van der Waals surface area contributed by atoms with E-state index in [1.54, 1.807) is 0 Å². The highest BCUT2D eigenvalue weighted by Gasteiger charge is 2.14. The van der Waals surface area contributed by atoms with Crippen LogP contribution in [0.25, 0.3) is 0 Å². The molecular weight excluding hydrogens is 178 g/mol. The zero-order valence-corrected chi connectivity index (χ0v) is 9.17. The fraction of sp³-hybridized carbons (Fsp3) is 1.00. The SMILES string of the molecule is CC(O)CCNCCOC1CCCC1. The topological polar surface area (TPSA) is 41.5 Å². The highest BCUT2D eigenvalue weighted by atomic mass is 16.5. The van der Waals surface area contributed by atoms with Crippen LogP contribution in [0.2, 0.25) is 0 Å². The lowest BCUT2D eigenvalue weighted by Gasteiger charge is -2.11. The van der Waals surface area contributed by atoms with Crippen LogP contribution < -0.4 is 5.32 Å². The predicted octanol–water partition coefficient (Wildman–Crippen LogP) is 1.31. The molecule has 0 heterocycles. The fourth-order valence-electron chi connectivity index (χ4n) is 1.79. The van der Waals surface area contributed by atoms with Crippen molar-refractivity contribution in [3.63, 3.8) is 0 Å². The summed E-state index contributed by atoms with van der Waals surface area (Å²) in [4.78, 5) is 0. The molecule has 0 radical (unpaired) electrons. The lowest BCUT2D eigenvalue weighted by molar-refractivity contribution is 0.0599. The van der Waals surface area contributed by atoms with Crippen molar-refractivity contribution in [2.75, 3.05) is 19.7 Å². The number of aliphatic hydroxyl groups is 1. The lowest BCUT2D eigenvalue weighted by Crippen LogP contribution is -2.24. The van der Waals surface area contributed by atoms with E-state index in [1.165, 1.54) is 25.7 Å². The van der Waals surface area contributed by atoms with Crippen molar-refractivity contribution < 1.29 is 9.84 Å². The van der Waals surface area contributed by atoms with Crippen molar-refractivity contribution in [2.45, 2.75) is 51.2 Å². The van der Waals surface area contributed by atoms with Gasteiger partial charge in [0.15, 0.2) is 0 Å².